The van der Waals surface area contributed by atoms with Crippen LogP contribution in [0.15, 0.2) is 0 Å². The molecule has 0 aliphatic carbocycles. The van der Waals surface area contributed by atoms with E-state index in [1.807, 2.05) is 11.8 Å². The fraction of sp³-hybridized carbons (Fsp3) is 1.00. The van der Waals surface area contributed by atoms with Crippen LogP contribution in [-0.4, -0.2) is 30.3 Å². The van der Waals surface area contributed by atoms with Crippen molar-refractivity contribution in [3.8, 4) is 0 Å². The molecule has 0 aromatic carbocycles. The smallest absolute Gasteiger partial charge is 0.0783 e. The van der Waals surface area contributed by atoms with Crippen LogP contribution in [0, 0.1) is 5.92 Å². The lowest BCUT2D eigenvalue weighted by Crippen LogP contribution is -2.40. The van der Waals surface area contributed by atoms with Gasteiger partial charge in [-0.1, -0.05) is 0 Å². The van der Waals surface area contributed by atoms with Gasteiger partial charge in [-0.3, -0.25) is 0 Å². The SMILES string of the molecule is NCCC1CCOC2(CCSC2)C1. The van der Waals surface area contributed by atoms with Crippen molar-refractivity contribution in [2.75, 3.05) is 24.7 Å². The molecule has 0 amide bonds. The molecule has 2 fully saturated rings. The van der Waals surface area contributed by atoms with E-state index in [0.29, 0.717) is 0 Å². The van der Waals surface area contributed by atoms with Gasteiger partial charge in [0.1, 0.15) is 0 Å². The first-order valence-electron chi connectivity index (χ1n) is 5.26. The first-order valence-corrected chi connectivity index (χ1v) is 6.42. The fourth-order valence-electron chi connectivity index (χ4n) is 2.47. The maximum Gasteiger partial charge on any atom is 0.0783 e. The Kier molecular flexibility index (Phi) is 3.17. The lowest BCUT2D eigenvalue weighted by Gasteiger charge is -2.37. The molecule has 2 heterocycles. The maximum absolute atomic E-state index is 5.94. The van der Waals surface area contributed by atoms with Crippen LogP contribution in [0.4, 0.5) is 0 Å². The molecule has 2 N–H and O–H groups in total. The maximum atomic E-state index is 5.94. The molecule has 0 aromatic rings. The Bertz CT molecular complexity index is 166. The van der Waals surface area contributed by atoms with Gasteiger partial charge in [0.2, 0.25) is 0 Å². The van der Waals surface area contributed by atoms with E-state index in [1.54, 1.807) is 0 Å². The molecule has 2 nitrogen and oxygen atoms in total. The molecular formula is C10H19NOS. The number of thioether (sulfide) groups is 1. The van der Waals surface area contributed by atoms with Crippen molar-refractivity contribution in [1.29, 1.82) is 0 Å². The van der Waals surface area contributed by atoms with Gasteiger partial charge in [-0.25, -0.2) is 0 Å². The molecule has 3 heteroatoms. The van der Waals surface area contributed by atoms with Crippen molar-refractivity contribution in [2.45, 2.75) is 31.3 Å². The van der Waals surface area contributed by atoms with E-state index in [4.69, 9.17) is 10.5 Å². The van der Waals surface area contributed by atoms with Crippen molar-refractivity contribution < 1.29 is 4.74 Å². The van der Waals surface area contributed by atoms with Crippen molar-refractivity contribution in [3.63, 3.8) is 0 Å². The lowest BCUT2D eigenvalue weighted by atomic mass is 9.84. The minimum atomic E-state index is 0.253. The molecule has 2 saturated heterocycles. The standard InChI is InChI=1S/C10H19NOS/c11-4-1-9-2-5-12-10(7-9)3-6-13-8-10/h9H,1-8,11H2. The average molecular weight is 201 g/mol. The molecule has 0 radical (unpaired) electrons. The van der Waals surface area contributed by atoms with Gasteiger partial charge in [-0.2, -0.15) is 11.8 Å². The largest absolute Gasteiger partial charge is 0.374 e. The number of hydrogen-bond donors (Lipinski definition) is 1. The second-order valence-corrected chi connectivity index (χ2v) is 5.38. The molecular weight excluding hydrogens is 182 g/mol. The predicted octanol–water partition coefficient (Wildman–Crippen LogP) is 1.64. The third-order valence-electron chi connectivity index (χ3n) is 3.24. The van der Waals surface area contributed by atoms with Gasteiger partial charge >= 0.3 is 0 Å². The van der Waals surface area contributed by atoms with Gasteiger partial charge in [0.05, 0.1) is 5.60 Å². The van der Waals surface area contributed by atoms with Crippen LogP contribution in [-0.2, 0) is 4.74 Å². The Balaban J connectivity index is 1.90. The van der Waals surface area contributed by atoms with Gasteiger partial charge in [0, 0.05) is 12.4 Å². The van der Waals surface area contributed by atoms with Crippen LogP contribution in [0.3, 0.4) is 0 Å². The second kappa shape index (κ2) is 4.20. The van der Waals surface area contributed by atoms with E-state index >= 15 is 0 Å². The predicted molar refractivity (Wildman–Crippen MR) is 57.0 cm³/mol. The molecule has 2 aliphatic rings. The molecule has 2 unspecified atom stereocenters. The molecule has 2 atom stereocenters. The number of ether oxygens (including phenoxy) is 1. The van der Waals surface area contributed by atoms with Crippen LogP contribution < -0.4 is 5.73 Å². The van der Waals surface area contributed by atoms with Gasteiger partial charge in [0.25, 0.3) is 0 Å². The van der Waals surface area contributed by atoms with E-state index in [9.17, 15) is 0 Å². The van der Waals surface area contributed by atoms with Gasteiger partial charge in [-0.05, 0) is 43.9 Å². The Morgan fingerprint density at radius 2 is 2.46 bits per heavy atom. The Labute approximate surface area is 84.6 Å². The lowest BCUT2D eigenvalue weighted by molar-refractivity contribution is -0.0800. The summed E-state index contributed by atoms with van der Waals surface area (Å²) in [6.07, 6.45) is 4.94. The van der Waals surface area contributed by atoms with Crippen LogP contribution in [0.25, 0.3) is 0 Å². The molecule has 1 spiro atoms. The Morgan fingerprint density at radius 1 is 1.54 bits per heavy atom. The average Bonchev–Trinajstić information content (AvgIpc) is 2.54. The molecule has 13 heavy (non-hydrogen) atoms. The van der Waals surface area contributed by atoms with Crippen molar-refractivity contribution in [1.82, 2.24) is 0 Å². The van der Waals surface area contributed by atoms with E-state index in [0.717, 1.165) is 19.1 Å². The van der Waals surface area contributed by atoms with E-state index < -0.39 is 0 Å². The minimum absolute atomic E-state index is 0.253. The highest BCUT2D eigenvalue weighted by molar-refractivity contribution is 7.99. The van der Waals surface area contributed by atoms with Crippen molar-refractivity contribution in [2.24, 2.45) is 11.7 Å². The highest BCUT2D eigenvalue weighted by Gasteiger charge is 2.39. The molecule has 76 valence electrons. The van der Waals surface area contributed by atoms with Crippen molar-refractivity contribution >= 4 is 11.8 Å². The summed E-state index contributed by atoms with van der Waals surface area (Å²) in [5.41, 5.74) is 5.85. The molecule has 0 aromatic heterocycles. The molecule has 0 saturated carbocycles. The summed E-state index contributed by atoms with van der Waals surface area (Å²) >= 11 is 2.04. The summed E-state index contributed by atoms with van der Waals surface area (Å²) in [6, 6.07) is 0. The summed E-state index contributed by atoms with van der Waals surface area (Å²) in [4.78, 5) is 0. The fourth-order valence-corrected chi connectivity index (χ4v) is 3.85. The topological polar surface area (TPSA) is 35.2 Å². The highest BCUT2D eigenvalue weighted by Crippen LogP contribution is 2.40. The number of hydrogen-bond acceptors (Lipinski definition) is 3. The number of rotatable bonds is 2. The third kappa shape index (κ3) is 2.20. The molecule has 2 rings (SSSR count). The normalized spacial score (nSPS) is 39.9. The van der Waals surface area contributed by atoms with E-state index in [2.05, 4.69) is 0 Å². The summed E-state index contributed by atoms with van der Waals surface area (Å²) in [5.74, 6) is 3.33. The first kappa shape index (κ1) is 9.81. The summed E-state index contributed by atoms with van der Waals surface area (Å²) in [5, 5.41) is 0. The van der Waals surface area contributed by atoms with E-state index in [-0.39, 0.29) is 5.60 Å². The van der Waals surface area contributed by atoms with Crippen LogP contribution in [0.1, 0.15) is 25.7 Å². The van der Waals surface area contributed by atoms with Crippen LogP contribution in [0.2, 0.25) is 0 Å². The Hall–Kier alpha value is 0.270. The minimum Gasteiger partial charge on any atom is -0.374 e. The molecule has 0 bridgehead atoms. The zero-order valence-electron chi connectivity index (χ0n) is 8.13. The van der Waals surface area contributed by atoms with Crippen molar-refractivity contribution in [3.05, 3.63) is 0 Å². The highest BCUT2D eigenvalue weighted by atomic mass is 32.2. The quantitative estimate of drug-likeness (QED) is 0.737. The Morgan fingerprint density at radius 3 is 3.15 bits per heavy atom. The molecule has 2 aliphatic heterocycles. The van der Waals surface area contributed by atoms with Gasteiger partial charge < -0.3 is 10.5 Å². The van der Waals surface area contributed by atoms with E-state index in [1.165, 1.54) is 37.2 Å². The zero-order chi connectivity index (χ0) is 9.15. The number of nitrogens with two attached hydrogens (primary N) is 1. The zero-order valence-corrected chi connectivity index (χ0v) is 8.94. The van der Waals surface area contributed by atoms with Gasteiger partial charge in [0.15, 0.2) is 0 Å². The van der Waals surface area contributed by atoms with Crippen LogP contribution >= 0.6 is 11.8 Å². The monoisotopic (exact) mass is 201 g/mol. The van der Waals surface area contributed by atoms with Gasteiger partial charge in [-0.15, -0.1) is 0 Å². The summed E-state index contributed by atoms with van der Waals surface area (Å²) in [7, 11) is 0. The first-order chi connectivity index (χ1) is 6.35. The van der Waals surface area contributed by atoms with Crippen LogP contribution in [0.5, 0.6) is 0 Å². The summed E-state index contributed by atoms with van der Waals surface area (Å²) < 4.78 is 5.94. The summed E-state index contributed by atoms with van der Waals surface area (Å²) in [6.45, 7) is 1.80. The second-order valence-electron chi connectivity index (χ2n) is 4.27. The third-order valence-corrected chi connectivity index (χ3v) is 4.46.